The Morgan fingerprint density at radius 3 is 2.57 bits per heavy atom. The van der Waals surface area contributed by atoms with Crippen LogP contribution in [0, 0.1) is 12.7 Å². The van der Waals surface area contributed by atoms with Gasteiger partial charge in [-0.05, 0) is 43.5 Å². The lowest BCUT2D eigenvalue weighted by atomic mass is 10.0. The van der Waals surface area contributed by atoms with Gasteiger partial charge in [-0.3, -0.25) is 9.59 Å². The maximum Gasteiger partial charge on any atom is 0.253 e. The Balaban J connectivity index is 1.93. The van der Waals surface area contributed by atoms with Gasteiger partial charge in [-0.1, -0.05) is 6.92 Å². The van der Waals surface area contributed by atoms with Crippen molar-refractivity contribution in [2.45, 2.75) is 39.2 Å². The lowest BCUT2D eigenvalue weighted by Gasteiger charge is -2.32. The maximum absolute atomic E-state index is 13.2. The number of hydrogen-bond donors (Lipinski definition) is 1. The Hall–Kier alpha value is -1.91. The van der Waals surface area contributed by atoms with Crippen molar-refractivity contribution in [1.29, 1.82) is 0 Å². The molecule has 2 amide bonds. The smallest absolute Gasteiger partial charge is 0.253 e. The normalized spacial score (nSPS) is 15.9. The molecule has 2 rings (SSSR count). The Bertz CT molecular complexity index is 537. The summed E-state index contributed by atoms with van der Waals surface area (Å²) >= 11 is 0. The molecule has 0 saturated carbocycles. The molecule has 0 aliphatic carbocycles. The van der Waals surface area contributed by atoms with E-state index in [9.17, 15) is 14.0 Å². The van der Waals surface area contributed by atoms with Crippen molar-refractivity contribution < 1.29 is 14.0 Å². The van der Waals surface area contributed by atoms with Gasteiger partial charge in [0.25, 0.3) is 5.91 Å². The molecule has 21 heavy (non-hydrogen) atoms. The Labute approximate surface area is 124 Å². The van der Waals surface area contributed by atoms with Gasteiger partial charge in [-0.2, -0.15) is 0 Å². The van der Waals surface area contributed by atoms with Crippen LogP contribution in [0.5, 0.6) is 0 Å². The molecule has 1 saturated heterocycles. The van der Waals surface area contributed by atoms with Gasteiger partial charge in [0.1, 0.15) is 5.82 Å². The molecular weight excluding hydrogens is 271 g/mol. The summed E-state index contributed by atoms with van der Waals surface area (Å²) in [6.45, 7) is 4.71. The van der Waals surface area contributed by atoms with Crippen LogP contribution in [0.25, 0.3) is 0 Å². The predicted molar refractivity (Wildman–Crippen MR) is 78.5 cm³/mol. The second kappa shape index (κ2) is 6.70. The first-order chi connectivity index (χ1) is 10.0. The third-order valence-electron chi connectivity index (χ3n) is 3.87. The van der Waals surface area contributed by atoms with Crippen LogP contribution in [-0.2, 0) is 4.79 Å². The van der Waals surface area contributed by atoms with Crippen molar-refractivity contribution in [2.75, 3.05) is 13.1 Å². The summed E-state index contributed by atoms with van der Waals surface area (Å²) in [6, 6.07) is 4.59. The maximum atomic E-state index is 13.2. The van der Waals surface area contributed by atoms with E-state index in [1.54, 1.807) is 17.9 Å². The molecule has 1 aliphatic rings. The fraction of sp³-hybridized carbons (Fsp3) is 0.500. The zero-order valence-electron chi connectivity index (χ0n) is 12.5. The number of hydrogen-bond acceptors (Lipinski definition) is 2. The number of amides is 2. The van der Waals surface area contributed by atoms with Crippen LogP contribution in [0.1, 0.15) is 42.1 Å². The van der Waals surface area contributed by atoms with E-state index >= 15 is 0 Å². The molecule has 1 aromatic carbocycles. The Kier molecular flexibility index (Phi) is 4.94. The number of carbonyl (C=O) groups is 2. The number of rotatable bonds is 3. The van der Waals surface area contributed by atoms with E-state index in [0.717, 1.165) is 12.8 Å². The molecule has 1 aromatic rings. The molecule has 5 heteroatoms. The van der Waals surface area contributed by atoms with Crippen LogP contribution in [0.2, 0.25) is 0 Å². The first-order valence-electron chi connectivity index (χ1n) is 7.36. The molecule has 1 N–H and O–H groups in total. The minimum atomic E-state index is -0.299. The summed E-state index contributed by atoms with van der Waals surface area (Å²) in [4.78, 5) is 25.5. The van der Waals surface area contributed by atoms with Crippen molar-refractivity contribution in [3.05, 3.63) is 35.1 Å². The summed E-state index contributed by atoms with van der Waals surface area (Å²) in [5, 5.41) is 2.96. The molecule has 0 atom stereocenters. The average Bonchev–Trinajstić information content (AvgIpc) is 2.50. The van der Waals surface area contributed by atoms with Crippen molar-refractivity contribution >= 4 is 11.8 Å². The molecule has 1 aliphatic heterocycles. The van der Waals surface area contributed by atoms with Crippen molar-refractivity contribution in [1.82, 2.24) is 10.2 Å². The molecule has 114 valence electrons. The van der Waals surface area contributed by atoms with Gasteiger partial charge >= 0.3 is 0 Å². The van der Waals surface area contributed by atoms with E-state index in [2.05, 4.69) is 5.32 Å². The highest BCUT2D eigenvalue weighted by atomic mass is 19.1. The predicted octanol–water partition coefficient (Wildman–Crippen LogP) is 2.26. The zero-order chi connectivity index (χ0) is 15.4. The molecule has 4 nitrogen and oxygen atoms in total. The molecule has 0 unspecified atom stereocenters. The van der Waals surface area contributed by atoms with E-state index in [1.807, 2.05) is 6.92 Å². The summed E-state index contributed by atoms with van der Waals surface area (Å²) in [5.41, 5.74) is 0.996. The largest absolute Gasteiger partial charge is 0.353 e. The van der Waals surface area contributed by atoms with E-state index in [-0.39, 0.29) is 23.7 Å². The molecule has 0 spiro atoms. The third-order valence-corrected chi connectivity index (χ3v) is 3.87. The second-order valence-corrected chi connectivity index (χ2v) is 5.45. The van der Waals surface area contributed by atoms with Crippen LogP contribution in [-0.4, -0.2) is 35.8 Å². The Morgan fingerprint density at radius 2 is 2.00 bits per heavy atom. The number of nitrogens with zero attached hydrogens (tertiary/aromatic N) is 1. The number of nitrogens with one attached hydrogen (secondary N) is 1. The lowest BCUT2D eigenvalue weighted by Crippen LogP contribution is -2.46. The monoisotopic (exact) mass is 292 g/mol. The van der Waals surface area contributed by atoms with Crippen LogP contribution >= 0.6 is 0 Å². The van der Waals surface area contributed by atoms with E-state index in [0.29, 0.717) is 30.6 Å². The highest BCUT2D eigenvalue weighted by molar-refractivity contribution is 5.94. The number of likely N-dealkylation sites (tertiary alicyclic amines) is 1. The standard InChI is InChI=1S/C16H21FN2O2/c1-3-15(20)18-13-6-8-19(9-7-13)16(21)12-4-5-14(17)11(2)10-12/h4-5,10,13H,3,6-9H2,1-2H3,(H,18,20). The average molecular weight is 292 g/mol. The number of halogens is 1. The first kappa shape index (κ1) is 15.5. The van der Waals surface area contributed by atoms with Gasteiger partial charge in [-0.15, -0.1) is 0 Å². The summed E-state index contributed by atoms with van der Waals surface area (Å²) < 4.78 is 13.2. The fourth-order valence-electron chi connectivity index (χ4n) is 2.52. The van der Waals surface area contributed by atoms with Crippen LogP contribution in [0.3, 0.4) is 0 Å². The van der Waals surface area contributed by atoms with Gasteiger partial charge in [0, 0.05) is 31.1 Å². The van der Waals surface area contributed by atoms with E-state index in [1.165, 1.54) is 12.1 Å². The highest BCUT2D eigenvalue weighted by Gasteiger charge is 2.24. The van der Waals surface area contributed by atoms with Crippen molar-refractivity contribution in [3.63, 3.8) is 0 Å². The van der Waals surface area contributed by atoms with Crippen LogP contribution < -0.4 is 5.32 Å². The first-order valence-corrected chi connectivity index (χ1v) is 7.36. The molecule has 0 bridgehead atoms. The number of carbonyl (C=O) groups excluding carboxylic acids is 2. The Morgan fingerprint density at radius 1 is 1.33 bits per heavy atom. The molecule has 0 radical (unpaired) electrons. The number of aryl methyl sites for hydroxylation is 1. The topological polar surface area (TPSA) is 49.4 Å². The molecule has 1 fully saturated rings. The quantitative estimate of drug-likeness (QED) is 0.929. The third kappa shape index (κ3) is 3.80. The van der Waals surface area contributed by atoms with Crippen LogP contribution in [0.15, 0.2) is 18.2 Å². The lowest BCUT2D eigenvalue weighted by molar-refractivity contribution is -0.121. The van der Waals surface area contributed by atoms with Crippen LogP contribution in [0.4, 0.5) is 4.39 Å². The highest BCUT2D eigenvalue weighted by Crippen LogP contribution is 2.16. The minimum Gasteiger partial charge on any atom is -0.353 e. The van der Waals surface area contributed by atoms with Gasteiger partial charge in [-0.25, -0.2) is 4.39 Å². The fourth-order valence-corrected chi connectivity index (χ4v) is 2.52. The number of benzene rings is 1. The van der Waals surface area contributed by atoms with Gasteiger partial charge < -0.3 is 10.2 Å². The molecule has 1 heterocycles. The van der Waals surface area contributed by atoms with Crippen molar-refractivity contribution in [3.8, 4) is 0 Å². The summed E-state index contributed by atoms with van der Waals surface area (Å²) in [6.07, 6.45) is 2.00. The zero-order valence-corrected chi connectivity index (χ0v) is 12.5. The summed E-state index contributed by atoms with van der Waals surface area (Å²) in [5.74, 6) is -0.320. The van der Waals surface area contributed by atoms with Gasteiger partial charge in [0.05, 0.1) is 0 Å². The van der Waals surface area contributed by atoms with E-state index < -0.39 is 0 Å². The molecular formula is C16H21FN2O2. The minimum absolute atomic E-state index is 0.0499. The van der Waals surface area contributed by atoms with Crippen molar-refractivity contribution in [2.24, 2.45) is 0 Å². The van der Waals surface area contributed by atoms with Gasteiger partial charge in [0.2, 0.25) is 5.91 Å². The SMILES string of the molecule is CCC(=O)NC1CCN(C(=O)c2ccc(F)c(C)c2)CC1. The number of piperidine rings is 1. The second-order valence-electron chi connectivity index (χ2n) is 5.45. The molecule has 0 aromatic heterocycles. The summed E-state index contributed by atoms with van der Waals surface area (Å²) in [7, 11) is 0. The van der Waals surface area contributed by atoms with Gasteiger partial charge in [0.15, 0.2) is 0 Å². The van der Waals surface area contributed by atoms with E-state index in [4.69, 9.17) is 0 Å².